The summed E-state index contributed by atoms with van der Waals surface area (Å²) >= 11 is 1.61. The van der Waals surface area contributed by atoms with Crippen LogP contribution in [0.3, 0.4) is 0 Å². The number of rotatable bonds is 5. The molecule has 2 atom stereocenters. The number of hydrogen-bond donors (Lipinski definition) is 2. The van der Waals surface area contributed by atoms with E-state index in [1.807, 2.05) is 24.3 Å². The average molecular weight is 281 g/mol. The number of carbonyl (C=O) groups excluding carboxylic acids is 1. The molecule has 1 aromatic carbocycles. The fraction of sp³-hybridized carbons (Fsp3) is 0.385. The highest BCUT2D eigenvalue weighted by atomic mass is 32.2. The van der Waals surface area contributed by atoms with Gasteiger partial charge in [-0.2, -0.15) is 0 Å². The van der Waals surface area contributed by atoms with Crippen molar-refractivity contribution in [3.05, 3.63) is 29.8 Å². The smallest absolute Gasteiger partial charge is 0.328 e. The molecular weight excluding hydrogens is 266 g/mol. The molecule has 102 valence electrons. The maximum absolute atomic E-state index is 12.2. The van der Waals surface area contributed by atoms with E-state index in [0.717, 1.165) is 10.5 Å². The third-order valence-electron chi connectivity index (χ3n) is 2.96. The lowest BCUT2D eigenvalue weighted by molar-refractivity contribution is -0.143. The maximum atomic E-state index is 12.2. The molecule has 2 N–H and O–H groups in total. The molecule has 1 heterocycles. The van der Waals surface area contributed by atoms with E-state index in [4.69, 9.17) is 9.84 Å². The van der Waals surface area contributed by atoms with Gasteiger partial charge in [0.15, 0.2) is 6.04 Å². The van der Waals surface area contributed by atoms with Crippen LogP contribution >= 0.6 is 11.8 Å². The van der Waals surface area contributed by atoms with E-state index in [-0.39, 0.29) is 18.4 Å². The number of benzene rings is 1. The van der Waals surface area contributed by atoms with Crippen molar-refractivity contribution < 1.29 is 19.4 Å². The van der Waals surface area contributed by atoms with Crippen LogP contribution in [-0.2, 0) is 14.3 Å². The molecule has 1 aromatic rings. The fourth-order valence-electron chi connectivity index (χ4n) is 1.99. The highest BCUT2D eigenvalue weighted by Crippen LogP contribution is 2.39. The predicted octanol–water partition coefficient (Wildman–Crippen LogP) is 1.09. The van der Waals surface area contributed by atoms with Crippen molar-refractivity contribution in [2.24, 2.45) is 0 Å². The molecule has 5 nitrogen and oxygen atoms in total. The lowest BCUT2D eigenvalue weighted by Gasteiger charge is -2.17. The van der Waals surface area contributed by atoms with Crippen molar-refractivity contribution in [3.8, 4) is 0 Å². The van der Waals surface area contributed by atoms with Crippen LogP contribution in [-0.4, -0.2) is 42.5 Å². The van der Waals surface area contributed by atoms with Gasteiger partial charge < -0.3 is 15.2 Å². The minimum atomic E-state index is -1.09. The predicted molar refractivity (Wildman–Crippen MR) is 71.3 cm³/mol. The van der Waals surface area contributed by atoms with Crippen LogP contribution in [0.4, 0.5) is 0 Å². The van der Waals surface area contributed by atoms with E-state index in [1.54, 1.807) is 11.8 Å². The van der Waals surface area contributed by atoms with Gasteiger partial charge in [-0.15, -0.1) is 11.8 Å². The summed E-state index contributed by atoms with van der Waals surface area (Å²) in [5.74, 6) is -0.999. The maximum Gasteiger partial charge on any atom is 0.328 e. The molecule has 0 aromatic heterocycles. The Morgan fingerprint density at radius 2 is 2.26 bits per heavy atom. The van der Waals surface area contributed by atoms with Gasteiger partial charge in [-0.3, -0.25) is 4.79 Å². The van der Waals surface area contributed by atoms with Gasteiger partial charge in [-0.1, -0.05) is 18.2 Å². The van der Waals surface area contributed by atoms with E-state index in [1.165, 1.54) is 7.11 Å². The van der Waals surface area contributed by atoms with E-state index >= 15 is 0 Å². The van der Waals surface area contributed by atoms with Crippen LogP contribution in [0.2, 0.25) is 0 Å². The Morgan fingerprint density at radius 3 is 2.95 bits per heavy atom. The third-order valence-corrected chi connectivity index (χ3v) is 4.15. The number of fused-ring (bicyclic) bond motifs is 1. The van der Waals surface area contributed by atoms with Gasteiger partial charge in [-0.25, -0.2) is 4.79 Å². The molecule has 0 bridgehead atoms. The van der Waals surface area contributed by atoms with Crippen molar-refractivity contribution in [2.45, 2.75) is 16.9 Å². The first kappa shape index (κ1) is 13.9. The van der Waals surface area contributed by atoms with E-state index in [2.05, 4.69) is 5.32 Å². The van der Waals surface area contributed by atoms with Gasteiger partial charge in [-0.05, 0) is 11.6 Å². The van der Waals surface area contributed by atoms with Crippen molar-refractivity contribution >= 4 is 23.6 Å². The van der Waals surface area contributed by atoms with E-state index < -0.39 is 12.0 Å². The van der Waals surface area contributed by atoms with Gasteiger partial charge in [0.05, 0.1) is 12.5 Å². The molecule has 1 amide bonds. The summed E-state index contributed by atoms with van der Waals surface area (Å²) in [5, 5.41) is 11.5. The highest BCUT2D eigenvalue weighted by Gasteiger charge is 2.31. The molecule has 2 rings (SSSR count). The summed E-state index contributed by atoms with van der Waals surface area (Å²) < 4.78 is 4.80. The zero-order valence-electron chi connectivity index (χ0n) is 10.5. The number of nitrogens with one attached hydrogen (secondary N) is 1. The molecular formula is C13H15NO4S. The van der Waals surface area contributed by atoms with Crippen LogP contribution in [0.5, 0.6) is 0 Å². The van der Waals surface area contributed by atoms with Crippen molar-refractivity contribution in [2.75, 3.05) is 19.5 Å². The summed E-state index contributed by atoms with van der Waals surface area (Å²) in [5.41, 5.74) is 0.964. The molecule has 1 aliphatic heterocycles. The van der Waals surface area contributed by atoms with Gasteiger partial charge in [0.2, 0.25) is 5.91 Å². The molecule has 0 saturated heterocycles. The Morgan fingerprint density at radius 1 is 1.53 bits per heavy atom. The summed E-state index contributed by atoms with van der Waals surface area (Å²) in [6.07, 6.45) is 0. The van der Waals surface area contributed by atoms with Crippen LogP contribution in [0.15, 0.2) is 29.2 Å². The minimum absolute atomic E-state index is 0.0391. The first-order valence-corrected chi connectivity index (χ1v) is 6.86. The lowest BCUT2D eigenvalue weighted by Crippen LogP contribution is -2.45. The molecule has 0 aliphatic carbocycles. The first-order valence-electron chi connectivity index (χ1n) is 5.87. The number of amides is 1. The second kappa shape index (κ2) is 6.08. The zero-order valence-corrected chi connectivity index (χ0v) is 11.3. The first-order chi connectivity index (χ1) is 9.13. The van der Waals surface area contributed by atoms with Crippen molar-refractivity contribution in [1.29, 1.82) is 0 Å². The Bertz CT molecular complexity index is 491. The Labute approximate surface area is 115 Å². The van der Waals surface area contributed by atoms with Crippen molar-refractivity contribution in [1.82, 2.24) is 5.32 Å². The van der Waals surface area contributed by atoms with Gasteiger partial charge in [0, 0.05) is 17.8 Å². The molecule has 19 heavy (non-hydrogen) atoms. The summed E-state index contributed by atoms with van der Waals surface area (Å²) in [6, 6.07) is 6.68. The minimum Gasteiger partial charge on any atom is -0.480 e. The zero-order chi connectivity index (χ0) is 13.8. The molecule has 0 spiro atoms. The number of hydrogen-bond acceptors (Lipinski definition) is 4. The summed E-state index contributed by atoms with van der Waals surface area (Å²) in [4.78, 5) is 24.2. The number of carbonyl (C=O) groups is 2. The Balaban J connectivity index is 2.07. The monoisotopic (exact) mass is 281 g/mol. The molecule has 6 heteroatoms. The van der Waals surface area contributed by atoms with Crippen LogP contribution in [0, 0.1) is 0 Å². The number of aliphatic carboxylic acids is 1. The molecule has 1 aliphatic rings. The quantitative estimate of drug-likeness (QED) is 0.845. The van der Waals surface area contributed by atoms with Crippen LogP contribution in [0.25, 0.3) is 0 Å². The normalized spacial score (nSPS) is 18.7. The summed E-state index contributed by atoms with van der Waals surface area (Å²) in [7, 11) is 1.41. The molecule has 2 unspecified atom stereocenters. The largest absolute Gasteiger partial charge is 0.480 e. The number of methoxy groups -OCH3 is 1. The van der Waals surface area contributed by atoms with Gasteiger partial charge >= 0.3 is 5.97 Å². The standard InChI is InChI=1S/C13H15NO4S/c1-18-6-10(13(16)17)14-12(15)9-7-19-11-5-3-2-4-8(9)11/h2-5,9-10H,6-7H2,1H3,(H,14,15)(H,16,17). The SMILES string of the molecule is COCC(NC(=O)C1CSc2ccccc21)C(=O)O. The molecule has 0 fully saturated rings. The Hall–Kier alpha value is -1.53. The highest BCUT2D eigenvalue weighted by molar-refractivity contribution is 7.99. The Kier molecular flexibility index (Phi) is 4.44. The van der Waals surface area contributed by atoms with Gasteiger partial charge in [0.25, 0.3) is 0 Å². The topological polar surface area (TPSA) is 75.6 Å². The average Bonchev–Trinajstić information content (AvgIpc) is 2.81. The number of ether oxygens (including phenoxy) is 1. The number of thioether (sulfide) groups is 1. The van der Waals surface area contributed by atoms with E-state index in [9.17, 15) is 9.59 Å². The second-order valence-corrected chi connectivity index (χ2v) is 5.32. The number of carboxylic acid groups (broad SMARTS) is 1. The molecule has 0 radical (unpaired) electrons. The lowest BCUT2D eigenvalue weighted by atomic mass is 10.0. The van der Waals surface area contributed by atoms with Crippen molar-refractivity contribution in [3.63, 3.8) is 0 Å². The van der Waals surface area contributed by atoms with E-state index in [0.29, 0.717) is 5.75 Å². The third kappa shape index (κ3) is 3.08. The second-order valence-electron chi connectivity index (χ2n) is 4.26. The molecule has 0 saturated carbocycles. The van der Waals surface area contributed by atoms with Gasteiger partial charge in [0.1, 0.15) is 0 Å². The van der Waals surface area contributed by atoms with Crippen LogP contribution in [0.1, 0.15) is 11.5 Å². The van der Waals surface area contributed by atoms with Crippen LogP contribution < -0.4 is 5.32 Å². The fourth-order valence-corrected chi connectivity index (χ4v) is 3.22. The summed E-state index contributed by atoms with van der Waals surface area (Å²) in [6.45, 7) is -0.0391. The number of carboxylic acids is 1.